The fraction of sp³-hybridized carbons (Fsp3) is 0.591. The van der Waals surface area contributed by atoms with Gasteiger partial charge in [0, 0.05) is 50.6 Å². The number of rotatable bonds is 5. The fourth-order valence-corrected chi connectivity index (χ4v) is 4.51. The summed E-state index contributed by atoms with van der Waals surface area (Å²) in [7, 11) is 1.85. The molecule has 3 saturated heterocycles. The van der Waals surface area contributed by atoms with Crippen LogP contribution in [0.3, 0.4) is 0 Å². The molecule has 0 aliphatic carbocycles. The standard InChI is InChI=1S/C22H30N4O4/c1-25-10-9-18(22(25)29)26-11-7-16(8-12-26)23-20(27)15-4-2-5-17(14-15)24-21(28)19-6-3-13-30-19/h2,4-5,14,16,18-19H,3,6-13H2,1H3,(H,23,27)(H,24,28)/t18-,19+/m0/s1. The summed E-state index contributed by atoms with van der Waals surface area (Å²) in [6.07, 6.45) is 3.76. The largest absolute Gasteiger partial charge is 0.368 e. The van der Waals surface area contributed by atoms with Crippen LogP contribution in [0.5, 0.6) is 0 Å². The van der Waals surface area contributed by atoms with E-state index in [1.54, 1.807) is 29.2 Å². The van der Waals surface area contributed by atoms with Crippen LogP contribution < -0.4 is 10.6 Å². The highest BCUT2D eigenvalue weighted by Crippen LogP contribution is 2.21. The topological polar surface area (TPSA) is 91.0 Å². The van der Waals surface area contributed by atoms with Gasteiger partial charge in [-0.05, 0) is 50.3 Å². The SMILES string of the molecule is CN1CC[C@H](N2CCC(NC(=O)c3cccc(NC(=O)[C@H]4CCCO4)c3)CC2)C1=O. The highest BCUT2D eigenvalue weighted by atomic mass is 16.5. The van der Waals surface area contributed by atoms with Crippen molar-refractivity contribution in [3.63, 3.8) is 0 Å². The van der Waals surface area contributed by atoms with Crippen molar-refractivity contribution in [1.29, 1.82) is 0 Å². The van der Waals surface area contributed by atoms with E-state index in [0.717, 1.165) is 51.7 Å². The predicted octanol–water partition coefficient (Wildman–Crippen LogP) is 1.23. The van der Waals surface area contributed by atoms with Crippen LogP contribution in [0.2, 0.25) is 0 Å². The van der Waals surface area contributed by atoms with E-state index in [0.29, 0.717) is 17.9 Å². The van der Waals surface area contributed by atoms with Gasteiger partial charge >= 0.3 is 0 Å². The van der Waals surface area contributed by atoms with E-state index in [2.05, 4.69) is 15.5 Å². The van der Waals surface area contributed by atoms with Crippen LogP contribution in [-0.4, -0.2) is 79.0 Å². The number of likely N-dealkylation sites (tertiary alicyclic amines) is 2. The number of likely N-dealkylation sites (N-methyl/N-ethyl adjacent to an activating group) is 1. The molecule has 162 valence electrons. The molecule has 8 heteroatoms. The van der Waals surface area contributed by atoms with Crippen LogP contribution in [-0.2, 0) is 14.3 Å². The average molecular weight is 415 g/mol. The lowest BCUT2D eigenvalue weighted by Crippen LogP contribution is -2.50. The summed E-state index contributed by atoms with van der Waals surface area (Å²) in [4.78, 5) is 41.2. The van der Waals surface area contributed by atoms with Crippen molar-refractivity contribution in [2.24, 2.45) is 0 Å². The molecule has 0 spiro atoms. The average Bonchev–Trinajstić information content (AvgIpc) is 3.40. The molecule has 0 saturated carbocycles. The van der Waals surface area contributed by atoms with Gasteiger partial charge in [0.1, 0.15) is 6.10 Å². The lowest BCUT2D eigenvalue weighted by atomic mass is 10.0. The van der Waals surface area contributed by atoms with E-state index in [4.69, 9.17) is 4.74 Å². The molecule has 0 radical (unpaired) electrons. The smallest absolute Gasteiger partial charge is 0.253 e. The summed E-state index contributed by atoms with van der Waals surface area (Å²) in [5.74, 6) is -0.0952. The molecule has 0 bridgehead atoms. The Hall–Kier alpha value is -2.45. The molecule has 4 rings (SSSR count). The second kappa shape index (κ2) is 9.14. The molecule has 30 heavy (non-hydrogen) atoms. The molecular weight excluding hydrogens is 384 g/mol. The number of carbonyl (C=O) groups excluding carboxylic acids is 3. The Balaban J connectivity index is 1.28. The van der Waals surface area contributed by atoms with Crippen LogP contribution in [0.4, 0.5) is 5.69 Å². The van der Waals surface area contributed by atoms with Crippen molar-refractivity contribution in [3.8, 4) is 0 Å². The Labute approximate surface area is 176 Å². The van der Waals surface area contributed by atoms with Crippen molar-refractivity contribution in [3.05, 3.63) is 29.8 Å². The minimum atomic E-state index is -0.404. The third kappa shape index (κ3) is 4.65. The molecule has 2 N–H and O–H groups in total. The van der Waals surface area contributed by atoms with E-state index >= 15 is 0 Å². The van der Waals surface area contributed by atoms with Crippen molar-refractivity contribution in [2.45, 2.75) is 50.3 Å². The normalized spacial score (nSPS) is 25.5. The van der Waals surface area contributed by atoms with Gasteiger partial charge in [-0.2, -0.15) is 0 Å². The Bertz CT molecular complexity index is 800. The lowest BCUT2D eigenvalue weighted by Gasteiger charge is -2.35. The van der Waals surface area contributed by atoms with Gasteiger partial charge in [0.05, 0.1) is 6.04 Å². The highest BCUT2D eigenvalue weighted by molar-refractivity contribution is 5.98. The van der Waals surface area contributed by atoms with E-state index in [9.17, 15) is 14.4 Å². The Morgan fingerprint density at radius 1 is 1.10 bits per heavy atom. The van der Waals surface area contributed by atoms with Crippen LogP contribution >= 0.6 is 0 Å². The maximum atomic E-state index is 12.7. The van der Waals surface area contributed by atoms with Crippen molar-refractivity contribution < 1.29 is 19.1 Å². The summed E-state index contributed by atoms with van der Waals surface area (Å²) in [5, 5.41) is 5.94. The molecule has 3 amide bonds. The minimum absolute atomic E-state index is 0.00390. The first-order valence-electron chi connectivity index (χ1n) is 10.8. The number of benzene rings is 1. The van der Waals surface area contributed by atoms with E-state index in [-0.39, 0.29) is 29.8 Å². The number of nitrogens with one attached hydrogen (secondary N) is 2. The highest BCUT2D eigenvalue weighted by Gasteiger charge is 2.36. The molecule has 3 aliphatic heterocycles. The predicted molar refractivity (Wildman–Crippen MR) is 112 cm³/mol. The molecule has 0 unspecified atom stereocenters. The molecule has 0 aromatic heterocycles. The zero-order chi connectivity index (χ0) is 21.1. The van der Waals surface area contributed by atoms with E-state index in [1.807, 2.05) is 7.05 Å². The van der Waals surface area contributed by atoms with Crippen LogP contribution in [0.1, 0.15) is 42.5 Å². The summed E-state index contributed by atoms with van der Waals surface area (Å²) >= 11 is 0. The summed E-state index contributed by atoms with van der Waals surface area (Å²) in [6.45, 7) is 3.06. The van der Waals surface area contributed by atoms with Gasteiger partial charge in [0.2, 0.25) is 5.91 Å². The first kappa shape index (κ1) is 20.8. The number of anilines is 1. The van der Waals surface area contributed by atoms with E-state index < -0.39 is 6.10 Å². The Morgan fingerprint density at radius 2 is 1.90 bits per heavy atom. The number of amides is 3. The number of piperidine rings is 1. The van der Waals surface area contributed by atoms with Gasteiger partial charge in [-0.1, -0.05) is 6.07 Å². The van der Waals surface area contributed by atoms with Crippen LogP contribution in [0.25, 0.3) is 0 Å². The summed E-state index contributed by atoms with van der Waals surface area (Å²) in [6, 6.07) is 7.08. The summed E-state index contributed by atoms with van der Waals surface area (Å²) < 4.78 is 5.40. The minimum Gasteiger partial charge on any atom is -0.368 e. The maximum absolute atomic E-state index is 12.7. The number of hydrogen-bond donors (Lipinski definition) is 2. The molecule has 3 fully saturated rings. The Morgan fingerprint density at radius 3 is 2.57 bits per heavy atom. The van der Waals surface area contributed by atoms with Gasteiger partial charge in [-0.3, -0.25) is 19.3 Å². The lowest BCUT2D eigenvalue weighted by molar-refractivity contribution is -0.131. The van der Waals surface area contributed by atoms with E-state index in [1.165, 1.54) is 0 Å². The molecule has 1 aromatic carbocycles. The van der Waals surface area contributed by atoms with Crippen LogP contribution in [0.15, 0.2) is 24.3 Å². The molecule has 8 nitrogen and oxygen atoms in total. The maximum Gasteiger partial charge on any atom is 0.253 e. The second-order valence-electron chi connectivity index (χ2n) is 8.42. The third-order valence-corrected chi connectivity index (χ3v) is 6.32. The number of hydrogen-bond acceptors (Lipinski definition) is 5. The third-order valence-electron chi connectivity index (χ3n) is 6.32. The fourth-order valence-electron chi connectivity index (χ4n) is 4.51. The quantitative estimate of drug-likeness (QED) is 0.756. The van der Waals surface area contributed by atoms with Gasteiger partial charge in [0.15, 0.2) is 0 Å². The van der Waals surface area contributed by atoms with Gasteiger partial charge in [0.25, 0.3) is 11.8 Å². The van der Waals surface area contributed by atoms with Crippen molar-refractivity contribution in [2.75, 3.05) is 38.6 Å². The molecule has 1 aromatic rings. The monoisotopic (exact) mass is 414 g/mol. The van der Waals surface area contributed by atoms with Crippen LogP contribution in [0, 0.1) is 0 Å². The van der Waals surface area contributed by atoms with Crippen molar-refractivity contribution >= 4 is 23.4 Å². The number of carbonyl (C=O) groups is 3. The van der Waals surface area contributed by atoms with Crippen molar-refractivity contribution in [1.82, 2.24) is 15.1 Å². The molecular formula is C22H30N4O4. The molecule has 3 aliphatic rings. The van der Waals surface area contributed by atoms with Gasteiger partial charge < -0.3 is 20.3 Å². The molecule has 3 heterocycles. The number of nitrogens with zero attached hydrogens (tertiary/aromatic N) is 2. The second-order valence-corrected chi connectivity index (χ2v) is 8.42. The summed E-state index contributed by atoms with van der Waals surface area (Å²) in [5.41, 5.74) is 1.12. The Kier molecular flexibility index (Phi) is 6.34. The zero-order valence-corrected chi connectivity index (χ0v) is 17.4. The number of ether oxygens (including phenoxy) is 1. The first-order valence-corrected chi connectivity index (χ1v) is 10.8. The van der Waals surface area contributed by atoms with Gasteiger partial charge in [-0.15, -0.1) is 0 Å². The van der Waals surface area contributed by atoms with Gasteiger partial charge in [-0.25, -0.2) is 0 Å². The first-order chi connectivity index (χ1) is 14.5. The zero-order valence-electron chi connectivity index (χ0n) is 17.4. The molecule has 2 atom stereocenters.